The molecule has 4 heteroatoms. The quantitative estimate of drug-likeness (QED) is 0.416. The average molecular weight is 286 g/mol. The maximum absolute atomic E-state index is 11.6. The van der Waals surface area contributed by atoms with Gasteiger partial charge in [-0.15, -0.1) is 0 Å². The number of ether oxygens (including phenoxy) is 1. The molecule has 0 spiro atoms. The van der Waals surface area contributed by atoms with Gasteiger partial charge in [-0.1, -0.05) is 51.9 Å². The summed E-state index contributed by atoms with van der Waals surface area (Å²) >= 11 is 0. The van der Waals surface area contributed by atoms with Crippen molar-refractivity contribution in [2.75, 3.05) is 6.61 Å². The lowest BCUT2D eigenvalue weighted by Gasteiger charge is -2.09. The van der Waals surface area contributed by atoms with Crippen molar-refractivity contribution < 1.29 is 19.4 Å². The van der Waals surface area contributed by atoms with Gasteiger partial charge in [0.25, 0.3) is 0 Å². The standard InChI is InChI=1S/C16H30O4/c1-3-4-5-6-7-8-9-10-11-15(18)12-16(19)13-20-14(2)17/h16,19H,3-13H2,1-2H3. The number of hydrogen-bond acceptors (Lipinski definition) is 4. The molecule has 0 aliphatic heterocycles. The molecule has 118 valence electrons. The summed E-state index contributed by atoms with van der Waals surface area (Å²) in [6.45, 7) is 3.41. The van der Waals surface area contributed by atoms with Gasteiger partial charge in [-0.2, -0.15) is 0 Å². The Morgan fingerprint density at radius 1 is 1.00 bits per heavy atom. The summed E-state index contributed by atoms with van der Waals surface area (Å²) in [6, 6.07) is 0. The van der Waals surface area contributed by atoms with Crippen LogP contribution < -0.4 is 0 Å². The molecule has 0 radical (unpaired) electrons. The molecule has 0 bridgehead atoms. The molecule has 1 atom stereocenters. The van der Waals surface area contributed by atoms with Crippen molar-refractivity contribution in [1.29, 1.82) is 0 Å². The van der Waals surface area contributed by atoms with Crippen LogP contribution in [0.2, 0.25) is 0 Å². The van der Waals surface area contributed by atoms with Crippen LogP contribution in [-0.2, 0) is 14.3 Å². The van der Waals surface area contributed by atoms with Gasteiger partial charge in [0.05, 0.1) is 6.10 Å². The van der Waals surface area contributed by atoms with Gasteiger partial charge in [-0.05, 0) is 6.42 Å². The molecule has 0 amide bonds. The Balaban J connectivity index is 3.38. The predicted octanol–water partition coefficient (Wildman–Crippen LogP) is 3.40. The Kier molecular flexibility index (Phi) is 12.5. The van der Waals surface area contributed by atoms with Crippen LogP contribution in [0.25, 0.3) is 0 Å². The van der Waals surface area contributed by atoms with E-state index < -0.39 is 12.1 Å². The summed E-state index contributed by atoms with van der Waals surface area (Å²) in [4.78, 5) is 22.1. The number of aliphatic hydroxyl groups excluding tert-OH is 1. The van der Waals surface area contributed by atoms with Crippen LogP contribution in [0.4, 0.5) is 0 Å². The highest BCUT2D eigenvalue weighted by molar-refractivity contribution is 5.78. The van der Waals surface area contributed by atoms with Gasteiger partial charge < -0.3 is 9.84 Å². The Hall–Kier alpha value is -0.900. The average Bonchev–Trinajstić information content (AvgIpc) is 2.39. The maximum Gasteiger partial charge on any atom is 0.302 e. The van der Waals surface area contributed by atoms with E-state index in [9.17, 15) is 14.7 Å². The fourth-order valence-corrected chi connectivity index (χ4v) is 2.09. The highest BCUT2D eigenvalue weighted by atomic mass is 16.5. The van der Waals surface area contributed by atoms with Gasteiger partial charge in [0.2, 0.25) is 0 Å². The highest BCUT2D eigenvalue weighted by Crippen LogP contribution is 2.10. The third-order valence-electron chi connectivity index (χ3n) is 3.25. The molecule has 1 unspecified atom stereocenters. The molecule has 0 saturated carbocycles. The fourth-order valence-electron chi connectivity index (χ4n) is 2.09. The zero-order chi connectivity index (χ0) is 15.2. The third-order valence-corrected chi connectivity index (χ3v) is 3.25. The van der Waals surface area contributed by atoms with Crippen molar-refractivity contribution in [3.8, 4) is 0 Å². The molecule has 0 aromatic carbocycles. The van der Waals surface area contributed by atoms with Gasteiger partial charge in [0.1, 0.15) is 12.4 Å². The van der Waals surface area contributed by atoms with E-state index in [2.05, 4.69) is 11.7 Å². The number of unbranched alkanes of at least 4 members (excludes halogenated alkanes) is 7. The smallest absolute Gasteiger partial charge is 0.302 e. The van der Waals surface area contributed by atoms with Gasteiger partial charge >= 0.3 is 5.97 Å². The first-order chi connectivity index (χ1) is 9.56. The van der Waals surface area contributed by atoms with E-state index in [1.54, 1.807) is 0 Å². The van der Waals surface area contributed by atoms with Gasteiger partial charge in [-0.3, -0.25) is 9.59 Å². The van der Waals surface area contributed by atoms with Crippen molar-refractivity contribution in [3.05, 3.63) is 0 Å². The van der Waals surface area contributed by atoms with E-state index in [4.69, 9.17) is 0 Å². The minimum Gasteiger partial charge on any atom is -0.463 e. The minimum absolute atomic E-state index is 0.0515. The summed E-state index contributed by atoms with van der Waals surface area (Å²) in [7, 11) is 0. The van der Waals surface area contributed by atoms with Crippen LogP contribution >= 0.6 is 0 Å². The highest BCUT2D eigenvalue weighted by Gasteiger charge is 2.11. The van der Waals surface area contributed by atoms with Crippen LogP contribution in [0.5, 0.6) is 0 Å². The van der Waals surface area contributed by atoms with Crippen molar-refractivity contribution in [2.45, 2.75) is 84.2 Å². The van der Waals surface area contributed by atoms with Crippen molar-refractivity contribution in [2.24, 2.45) is 0 Å². The third kappa shape index (κ3) is 13.5. The Bertz CT molecular complexity index is 263. The Morgan fingerprint density at radius 3 is 2.10 bits per heavy atom. The van der Waals surface area contributed by atoms with Crippen LogP contribution in [-0.4, -0.2) is 29.6 Å². The lowest BCUT2D eigenvalue weighted by Crippen LogP contribution is -2.20. The molecule has 1 N–H and O–H groups in total. The number of ketones is 1. The first-order valence-corrected chi connectivity index (χ1v) is 7.89. The van der Waals surface area contributed by atoms with Crippen molar-refractivity contribution >= 4 is 11.8 Å². The summed E-state index contributed by atoms with van der Waals surface area (Å²) in [6.07, 6.45) is 9.36. The fraction of sp³-hybridized carbons (Fsp3) is 0.875. The van der Waals surface area contributed by atoms with E-state index in [1.165, 1.54) is 45.4 Å². The second kappa shape index (κ2) is 13.1. The number of rotatable bonds is 13. The summed E-state index contributed by atoms with van der Waals surface area (Å²) < 4.78 is 4.65. The molecule has 0 fully saturated rings. The zero-order valence-electron chi connectivity index (χ0n) is 13.0. The molecule has 0 aromatic rings. The monoisotopic (exact) mass is 286 g/mol. The minimum atomic E-state index is -0.861. The first kappa shape index (κ1) is 19.1. The first-order valence-electron chi connectivity index (χ1n) is 7.89. The summed E-state index contributed by atoms with van der Waals surface area (Å²) in [5, 5.41) is 9.49. The van der Waals surface area contributed by atoms with Crippen LogP contribution in [0, 0.1) is 0 Å². The maximum atomic E-state index is 11.6. The molecule has 0 aliphatic rings. The van der Waals surface area contributed by atoms with Gasteiger partial charge in [0.15, 0.2) is 0 Å². The second-order valence-corrected chi connectivity index (χ2v) is 5.42. The van der Waals surface area contributed by atoms with Crippen molar-refractivity contribution in [1.82, 2.24) is 0 Å². The van der Waals surface area contributed by atoms with Crippen LogP contribution in [0.15, 0.2) is 0 Å². The predicted molar refractivity (Wildman–Crippen MR) is 79.5 cm³/mol. The van der Waals surface area contributed by atoms with Crippen molar-refractivity contribution in [3.63, 3.8) is 0 Å². The molecule has 0 heterocycles. The van der Waals surface area contributed by atoms with Gasteiger partial charge in [0, 0.05) is 19.8 Å². The van der Waals surface area contributed by atoms with E-state index in [0.717, 1.165) is 12.8 Å². The molecular formula is C16H30O4. The van der Waals surface area contributed by atoms with Crippen LogP contribution in [0.1, 0.15) is 78.1 Å². The van der Waals surface area contributed by atoms with E-state index in [-0.39, 0.29) is 18.8 Å². The number of carbonyl (C=O) groups is 2. The molecule has 0 rings (SSSR count). The SMILES string of the molecule is CCCCCCCCCCC(=O)CC(O)COC(C)=O. The number of esters is 1. The molecule has 0 aliphatic carbocycles. The Labute approximate surface area is 122 Å². The topological polar surface area (TPSA) is 63.6 Å². The molecular weight excluding hydrogens is 256 g/mol. The lowest BCUT2D eigenvalue weighted by atomic mass is 10.0. The van der Waals surface area contributed by atoms with Crippen LogP contribution in [0.3, 0.4) is 0 Å². The molecule has 0 aromatic heterocycles. The summed E-state index contributed by atoms with van der Waals surface area (Å²) in [5.74, 6) is -0.379. The number of hydrogen-bond donors (Lipinski definition) is 1. The Morgan fingerprint density at radius 2 is 1.55 bits per heavy atom. The normalized spacial score (nSPS) is 12.2. The number of Topliss-reactive ketones (excluding diaryl/α,β-unsaturated/α-hetero) is 1. The zero-order valence-corrected chi connectivity index (χ0v) is 13.0. The summed E-state index contributed by atoms with van der Waals surface area (Å²) in [5.41, 5.74) is 0. The van der Waals surface area contributed by atoms with E-state index in [0.29, 0.717) is 6.42 Å². The second-order valence-electron chi connectivity index (χ2n) is 5.42. The van der Waals surface area contributed by atoms with E-state index in [1.807, 2.05) is 0 Å². The molecule has 4 nitrogen and oxygen atoms in total. The van der Waals surface area contributed by atoms with E-state index >= 15 is 0 Å². The molecule has 20 heavy (non-hydrogen) atoms. The number of carbonyl (C=O) groups excluding carboxylic acids is 2. The lowest BCUT2D eigenvalue weighted by molar-refractivity contribution is -0.145. The molecule has 0 saturated heterocycles. The largest absolute Gasteiger partial charge is 0.463 e. The van der Waals surface area contributed by atoms with Gasteiger partial charge in [-0.25, -0.2) is 0 Å². The number of aliphatic hydroxyl groups is 1.